The van der Waals surface area contributed by atoms with E-state index in [1.165, 1.54) is 11.3 Å². The Morgan fingerprint density at radius 1 is 1.00 bits per heavy atom. The second-order valence-electron chi connectivity index (χ2n) is 7.13. The number of amides is 1. The number of hydrogen-bond acceptors (Lipinski definition) is 6. The first-order chi connectivity index (χ1) is 15.4. The predicted molar refractivity (Wildman–Crippen MR) is 126 cm³/mol. The highest BCUT2D eigenvalue weighted by Crippen LogP contribution is 2.31. The molecule has 160 valence electrons. The summed E-state index contributed by atoms with van der Waals surface area (Å²) >= 11 is 13.5. The molecule has 1 N–H and O–H groups in total. The third-order valence-electron chi connectivity index (χ3n) is 4.90. The van der Waals surface area contributed by atoms with Gasteiger partial charge in [0.25, 0.3) is 5.91 Å². The number of nitrogens with one attached hydrogen (secondary N) is 1. The van der Waals surface area contributed by atoms with Crippen LogP contribution in [0.1, 0.15) is 21.9 Å². The van der Waals surface area contributed by atoms with Gasteiger partial charge in [0.15, 0.2) is 11.6 Å². The van der Waals surface area contributed by atoms with Gasteiger partial charge < -0.3 is 9.73 Å². The van der Waals surface area contributed by atoms with Gasteiger partial charge in [0.05, 0.1) is 10.0 Å². The number of hydrogen-bond donors (Lipinski definition) is 1. The topological polar surface area (TPSA) is 85.3 Å². The Morgan fingerprint density at radius 3 is 2.56 bits per heavy atom. The van der Waals surface area contributed by atoms with E-state index in [0.29, 0.717) is 21.5 Å². The van der Waals surface area contributed by atoms with Crippen molar-refractivity contribution < 1.29 is 9.21 Å². The van der Waals surface area contributed by atoms with Crippen molar-refractivity contribution in [1.29, 1.82) is 0 Å². The third kappa shape index (κ3) is 3.77. The number of aromatic nitrogens is 4. The van der Waals surface area contributed by atoms with Crippen molar-refractivity contribution in [3.05, 3.63) is 75.7 Å². The molecule has 0 unspecified atom stereocenters. The summed E-state index contributed by atoms with van der Waals surface area (Å²) in [6.45, 7) is 3.78. The number of carbonyl (C=O) groups is 1. The van der Waals surface area contributed by atoms with E-state index in [0.717, 1.165) is 32.5 Å². The molecule has 7 nitrogen and oxygen atoms in total. The van der Waals surface area contributed by atoms with E-state index in [2.05, 4.69) is 20.6 Å². The molecule has 5 rings (SSSR count). The van der Waals surface area contributed by atoms with Crippen molar-refractivity contribution in [3.63, 3.8) is 0 Å². The zero-order chi connectivity index (χ0) is 22.4. The number of fused-ring (bicyclic) bond motifs is 1. The fourth-order valence-corrected chi connectivity index (χ4v) is 4.40. The van der Waals surface area contributed by atoms with E-state index < -0.39 is 0 Å². The van der Waals surface area contributed by atoms with Gasteiger partial charge >= 0.3 is 0 Å². The lowest BCUT2D eigenvalue weighted by atomic mass is 10.1. The second kappa shape index (κ2) is 8.05. The SMILES string of the molecule is Cc1cc(-c2nn3c(C)nnc3s2)ccc1NC(=O)c1ccc(-c2ccc(Cl)c(Cl)c2)o1. The first-order valence-corrected chi connectivity index (χ1v) is 11.1. The molecule has 0 spiro atoms. The van der Waals surface area contributed by atoms with Gasteiger partial charge in [-0.1, -0.05) is 34.5 Å². The quantitative estimate of drug-likeness (QED) is 0.324. The molecule has 10 heteroatoms. The number of aryl methyl sites for hydroxylation is 2. The summed E-state index contributed by atoms with van der Waals surface area (Å²) in [5.41, 5.74) is 3.26. The highest BCUT2D eigenvalue weighted by molar-refractivity contribution is 7.19. The number of nitrogens with zero attached hydrogens (tertiary/aromatic N) is 4. The standard InChI is InChI=1S/C22H15Cl2N5O2S/c1-11-9-14(21-28-29-12(2)26-27-22(29)32-21)4-6-17(11)25-20(30)19-8-7-18(31-19)13-3-5-15(23)16(24)10-13/h3-10H,1-2H3,(H,25,30). The second-order valence-corrected chi connectivity index (χ2v) is 8.90. The van der Waals surface area contributed by atoms with Crippen LogP contribution >= 0.6 is 34.5 Å². The fraction of sp³-hybridized carbons (Fsp3) is 0.0909. The van der Waals surface area contributed by atoms with Gasteiger partial charge in [-0.25, -0.2) is 0 Å². The summed E-state index contributed by atoms with van der Waals surface area (Å²) < 4.78 is 7.45. The van der Waals surface area contributed by atoms with Crippen molar-refractivity contribution >= 4 is 51.1 Å². The third-order valence-corrected chi connectivity index (χ3v) is 6.59. The van der Waals surface area contributed by atoms with E-state index in [4.69, 9.17) is 27.6 Å². The molecule has 32 heavy (non-hydrogen) atoms. The van der Waals surface area contributed by atoms with Gasteiger partial charge in [0.1, 0.15) is 10.8 Å². The van der Waals surface area contributed by atoms with Gasteiger partial charge in [0, 0.05) is 16.8 Å². The molecular weight excluding hydrogens is 469 g/mol. The van der Waals surface area contributed by atoms with Gasteiger partial charge in [-0.05, 0) is 67.9 Å². The maximum absolute atomic E-state index is 12.7. The molecule has 0 atom stereocenters. The van der Waals surface area contributed by atoms with Crippen LogP contribution in [0.3, 0.4) is 0 Å². The van der Waals surface area contributed by atoms with Crippen LogP contribution in [-0.4, -0.2) is 25.7 Å². The van der Waals surface area contributed by atoms with Crippen LogP contribution in [-0.2, 0) is 0 Å². The van der Waals surface area contributed by atoms with Crippen LogP contribution in [0, 0.1) is 13.8 Å². The van der Waals surface area contributed by atoms with Crippen LogP contribution in [0.15, 0.2) is 52.9 Å². The average Bonchev–Trinajstić information content (AvgIpc) is 3.49. The summed E-state index contributed by atoms with van der Waals surface area (Å²) in [5.74, 6) is 1.11. The molecule has 0 fully saturated rings. The maximum atomic E-state index is 12.7. The number of carbonyl (C=O) groups excluding carboxylic acids is 1. The summed E-state index contributed by atoms with van der Waals surface area (Å²) in [7, 11) is 0. The van der Waals surface area contributed by atoms with E-state index in [9.17, 15) is 4.79 Å². The molecule has 2 aromatic carbocycles. The van der Waals surface area contributed by atoms with Crippen LogP contribution in [0.5, 0.6) is 0 Å². The summed E-state index contributed by atoms with van der Waals surface area (Å²) in [6.07, 6.45) is 0. The summed E-state index contributed by atoms with van der Waals surface area (Å²) in [4.78, 5) is 13.5. The first-order valence-electron chi connectivity index (χ1n) is 9.55. The van der Waals surface area contributed by atoms with E-state index >= 15 is 0 Å². The smallest absolute Gasteiger partial charge is 0.291 e. The minimum absolute atomic E-state index is 0.193. The van der Waals surface area contributed by atoms with Crippen LogP contribution in [0.4, 0.5) is 5.69 Å². The van der Waals surface area contributed by atoms with E-state index in [1.807, 2.05) is 32.0 Å². The molecular formula is C22H15Cl2N5O2S. The molecule has 0 saturated heterocycles. The Hall–Kier alpha value is -3.20. The summed E-state index contributed by atoms with van der Waals surface area (Å²) in [5, 5.41) is 17.3. The molecule has 1 amide bonds. The highest BCUT2D eigenvalue weighted by atomic mass is 35.5. The van der Waals surface area contributed by atoms with Crippen LogP contribution < -0.4 is 5.32 Å². The number of benzene rings is 2. The molecule has 0 radical (unpaired) electrons. The Kier molecular flexibility index (Phi) is 5.21. The molecule has 0 aliphatic rings. The Labute approximate surface area is 196 Å². The van der Waals surface area contributed by atoms with Crippen molar-refractivity contribution in [2.45, 2.75) is 13.8 Å². The van der Waals surface area contributed by atoms with Crippen LogP contribution in [0.25, 0.3) is 26.9 Å². The monoisotopic (exact) mass is 483 g/mol. The van der Waals surface area contributed by atoms with Gasteiger partial charge in [-0.2, -0.15) is 9.61 Å². The zero-order valence-corrected chi connectivity index (χ0v) is 19.2. The molecule has 0 saturated carbocycles. The van der Waals surface area contributed by atoms with E-state index in [-0.39, 0.29) is 11.7 Å². The predicted octanol–water partition coefficient (Wildman–Crippen LogP) is 6.29. The first kappa shape index (κ1) is 20.7. The Balaban J connectivity index is 1.35. The lowest BCUT2D eigenvalue weighted by Crippen LogP contribution is -2.11. The van der Waals surface area contributed by atoms with Crippen molar-refractivity contribution in [3.8, 4) is 21.9 Å². The minimum Gasteiger partial charge on any atom is -0.451 e. The van der Waals surface area contributed by atoms with Crippen molar-refractivity contribution in [2.24, 2.45) is 0 Å². The van der Waals surface area contributed by atoms with Crippen molar-refractivity contribution in [1.82, 2.24) is 19.8 Å². The molecule has 0 bridgehead atoms. The number of furan rings is 1. The molecule has 5 aromatic rings. The molecule has 3 aromatic heterocycles. The highest BCUT2D eigenvalue weighted by Gasteiger charge is 2.16. The van der Waals surface area contributed by atoms with Crippen LogP contribution in [0.2, 0.25) is 10.0 Å². The number of rotatable bonds is 4. The van der Waals surface area contributed by atoms with Gasteiger partial charge in [0.2, 0.25) is 4.96 Å². The molecule has 0 aliphatic heterocycles. The fourth-order valence-electron chi connectivity index (χ4n) is 3.22. The summed E-state index contributed by atoms with van der Waals surface area (Å²) in [6, 6.07) is 14.2. The number of halogens is 2. The van der Waals surface area contributed by atoms with Gasteiger partial charge in [-0.15, -0.1) is 10.2 Å². The van der Waals surface area contributed by atoms with Crippen molar-refractivity contribution in [2.75, 3.05) is 5.32 Å². The molecule has 3 heterocycles. The Morgan fingerprint density at radius 2 is 1.81 bits per heavy atom. The normalized spacial score (nSPS) is 11.2. The zero-order valence-electron chi connectivity index (χ0n) is 16.9. The maximum Gasteiger partial charge on any atom is 0.291 e. The lowest BCUT2D eigenvalue weighted by Gasteiger charge is -2.08. The molecule has 0 aliphatic carbocycles. The lowest BCUT2D eigenvalue weighted by molar-refractivity contribution is 0.0997. The average molecular weight is 484 g/mol. The van der Waals surface area contributed by atoms with E-state index in [1.54, 1.807) is 34.8 Å². The van der Waals surface area contributed by atoms with Gasteiger partial charge in [-0.3, -0.25) is 4.79 Å². The largest absolute Gasteiger partial charge is 0.451 e. The Bertz CT molecular complexity index is 1490. The number of anilines is 1. The minimum atomic E-state index is -0.346.